The van der Waals surface area contributed by atoms with Gasteiger partial charge in [-0.25, -0.2) is 9.97 Å². The molecule has 3 heterocycles. The molecule has 2 unspecified atom stereocenters. The largest absolute Gasteiger partial charge is 0.396 e. The van der Waals surface area contributed by atoms with E-state index < -0.39 is 24.2 Å². The number of anilines is 2. The van der Waals surface area contributed by atoms with Crippen molar-refractivity contribution in [3.8, 4) is 10.6 Å². The lowest BCUT2D eigenvalue weighted by molar-refractivity contribution is 0.00446. The van der Waals surface area contributed by atoms with Gasteiger partial charge in [0.15, 0.2) is 0 Å². The van der Waals surface area contributed by atoms with Crippen LogP contribution in [0.4, 0.5) is 11.8 Å². The first kappa shape index (κ1) is 26.2. The van der Waals surface area contributed by atoms with Crippen molar-refractivity contribution in [1.82, 2.24) is 19.9 Å². The number of nitrogens with zero attached hydrogens (tertiary/aromatic N) is 4. The number of thiazole rings is 1. The van der Waals surface area contributed by atoms with Crippen molar-refractivity contribution in [2.75, 3.05) is 30.5 Å². The van der Waals surface area contributed by atoms with Gasteiger partial charge in [-0.15, -0.1) is 11.3 Å². The van der Waals surface area contributed by atoms with Crippen LogP contribution < -0.4 is 10.6 Å². The summed E-state index contributed by atoms with van der Waals surface area (Å²) in [5, 5.41) is 38.3. The van der Waals surface area contributed by atoms with Crippen LogP contribution >= 0.6 is 11.3 Å². The third kappa shape index (κ3) is 5.42. The van der Waals surface area contributed by atoms with E-state index in [2.05, 4.69) is 22.5 Å². The van der Waals surface area contributed by atoms with Gasteiger partial charge in [-0.05, 0) is 45.6 Å². The monoisotopic (exact) mass is 528 g/mol. The molecular formula is C26H36N6O4S. The van der Waals surface area contributed by atoms with Crippen molar-refractivity contribution < 1.29 is 20.1 Å². The van der Waals surface area contributed by atoms with Crippen molar-refractivity contribution in [3.05, 3.63) is 23.7 Å². The smallest absolute Gasteiger partial charge is 0.225 e. The number of aryl methyl sites for hydroxylation is 1. The predicted molar refractivity (Wildman–Crippen MR) is 144 cm³/mol. The number of aromatic nitrogens is 4. The van der Waals surface area contributed by atoms with Crippen LogP contribution in [-0.2, 0) is 4.74 Å². The highest BCUT2D eigenvalue weighted by Gasteiger charge is 2.41. The fraction of sp³-hybridized carbons (Fsp3) is 0.615. The van der Waals surface area contributed by atoms with Crippen LogP contribution in [0, 0.1) is 12.8 Å². The fourth-order valence-electron chi connectivity index (χ4n) is 4.96. The lowest BCUT2D eigenvalue weighted by Crippen LogP contribution is -2.36. The Bertz CT molecular complexity index is 1240. The third-order valence-corrected chi connectivity index (χ3v) is 8.35. The first-order valence-corrected chi connectivity index (χ1v) is 14.0. The lowest BCUT2D eigenvalue weighted by Gasteiger charge is -2.22. The number of aliphatic hydroxyl groups is 3. The maximum atomic E-state index is 10.7. The average Bonchev–Trinajstić information content (AvgIpc) is 3.59. The highest BCUT2D eigenvalue weighted by atomic mass is 32.1. The molecule has 3 aromatic heterocycles. The molecule has 5 atom stereocenters. The lowest BCUT2D eigenvalue weighted by atomic mass is 10.1. The van der Waals surface area contributed by atoms with Crippen LogP contribution in [0.1, 0.15) is 56.8 Å². The SMILES string of the molecule is CCOCC(CC)Nc1nc(C)c(-c2nc3c(C4CC4)nccc3s2)c(NC2C[C@H](CO)[C@@H](O)[C@H]2O)n1. The van der Waals surface area contributed by atoms with Crippen molar-refractivity contribution in [1.29, 1.82) is 0 Å². The van der Waals surface area contributed by atoms with Gasteiger partial charge in [0.05, 0.1) is 46.4 Å². The van der Waals surface area contributed by atoms with Crippen LogP contribution in [0.2, 0.25) is 0 Å². The van der Waals surface area contributed by atoms with E-state index in [1.54, 1.807) is 11.3 Å². The molecule has 0 aliphatic heterocycles. The summed E-state index contributed by atoms with van der Waals surface area (Å²) in [5.74, 6) is 1.07. The summed E-state index contributed by atoms with van der Waals surface area (Å²) in [6.07, 6.45) is 3.36. The second kappa shape index (κ2) is 11.1. The van der Waals surface area contributed by atoms with E-state index >= 15 is 0 Å². The normalized spacial score (nSPS) is 24.5. The molecule has 10 nitrogen and oxygen atoms in total. The summed E-state index contributed by atoms with van der Waals surface area (Å²) in [6.45, 7) is 6.96. The topological polar surface area (TPSA) is 146 Å². The Kier molecular flexibility index (Phi) is 7.87. The molecule has 2 aliphatic carbocycles. The van der Waals surface area contributed by atoms with E-state index in [1.165, 1.54) is 0 Å². The molecule has 0 saturated heterocycles. The van der Waals surface area contributed by atoms with E-state index in [0.717, 1.165) is 51.4 Å². The van der Waals surface area contributed by atoms with Crippen molar-refractivity contribution in [2.24, 2.45) is 5.92 Å². The van der Waals surface area contributed by atoms with E-state index in [0.29, 0.717) is 37.3 Å². The minimum Gasteiger partial charge on any atom is -0.396 e. The fourth-order valence-corrected chi connectivity index (χ4v) is 6.03. The highest BCUT2D eigenvalue weighted by Crippen LogP contribution is 2.44. The van der Waals surface area contributed by atoms with E-state index in [1.807, 2.05) is 26.1 Å². The number of rotatable bonds is 11. The Morgan fingerprint density at radius 2 is 1.97 bits per heavy atom. The molecule has 0 spiro atoms. The number of pyridine rings is 1. The summed E-state index contributed by atoms with van der Waals surface area (Å²) in [7, 11) is 0. The molecule has 200 valence electrons. The number of hydrogen-bond acceptors (Lipinski definition) is 11. The first-order valence-electron chi connectivity index (χ1n) is 13.2. The van der Waals surface area contributed by atoms with Gasteiger partial charge in [-0.3, -0.25) is 4.98 Å². The standard InChI is InChI=1S/C26H36N6O4S/c1-4-16(12-36-5-2)29-26-28-13(3)19(24(32-26)30-17-10-15(11-33)22(34)23(17)35)25-31-21-18(37-25)8-9-27-20(21)14-6-7-14/h8-9,14-17,22-23,33-35H,4-7,10-12H2,1-3H3,(H2,28,29,30,32)/t15-,16?,17?,22-,23+/m1/s1. The molecule has 2 saturated carbocycles. The number of nitrogens with one attached hydrogen (secondary N) is 2. The van der Waals surface area contributed by atoms with Gasteiger partial charge in [-0.1, -0.05) is 6.92 Å². The van der Waals surface area contributed by atoms with Crippen LogP contribution in [0.3, 0.4) is 0 Å². The Labute approximate surface area is 220 Å². The average molecular weight is 529 g/mol. The van der Waals surface area contributed by atoms with Gasteiger partial charge < -0.3 is 30.7 Å². The number of fused-ring (bicyclic) bond motifs is 1. The van der Waals surface area contributed by atoms with Crippen LogP contribution in [-0.4, -0.2) is 79.4 Å². The highest BCUT2D eigenvalue weighted by molar-refractivity contribution is 7.21. The van der Waals surface area contributed by atoms with E-state index in [4.69, 9.17) is 19.7 Å². The Morgan fingerprint density at radius 1 is 1.16 bits per heavy atom. The minimum atomic E-state index is -1.03. The first-order chi connectivity index (χ1) is 17.9. The Morgan fingerprint density at radius 3 is 2.65 bits per heavy atom. The Hall–Kier alpha value is -2.44. The maximum Gasteiger partial charge on any atom is 0.225 e. The van der Waals surface area contributed by atoms with Gasteiger partial charge in [0.1, 0.15) is 22.4 Å². The van der Waals surface area contributed by atoms with Crippen LogP contribution in [0.5, 0.6) is 0 Å². The van der Waals surface area contributed by atoms with Crippen LogP contribution in [0.15, 0.2) is 12.3 Å². The van der Waals surface area contributed by atoms with Gasteiger partial charge in [0.2, 0.25) is 5.95 Å². The number of ether oxygens (including phenoxy) is 1. The summed E-state index contributed by atoms with van der Waals surface area (Å²) >= 11 is 1.57. The molecule has 11 heteroatoms. The molecule has 0 aromatic carbocycles. The minimum absolute atomic E-state index is 0.0466. The molecule has 2 fully saturated rings. The van der Waals surface area contributed by atoms with E-state index in [9.17, 15) is 15.3 Å². The molecule has 5 N–H and O–H groups in total. The molecule has 5 rings (SSSR count). The quantitative estimate of drug-likeness (QED) is 0.252. The van der Waals surface area contributed by atoms with Crippen molar-refractivity contribution >= 4 is 33.3 Å². The molecule has 37 heavy (non-hydrogen) atoms. The van der Waals surface area contributed by atoms with E-state index in [-0.39, 0.29) is 12.6 Å². The molecule has 2 aliphatic rings. The van der Waals surface area contributed by atoms with Crippen molar-refractivity contribution in [3.63, 3.8) is 0 Å². The predicted octanol–water partition coefficient (Wildman–Crippen LogP) is 3.08. The maximum absolute atomic E-state index is 10.7. The van der Waals surface area contributed by atoms with Gasteiger partial charge in [-0.2, -0.15) is 4.98 Å². The van der Waals surface area contributed by atoms with Gasteiger partial charge >= 0.3 is 0 Å². The number of hydrogen-bond donors (Lipinski definition) is 5. The molecular weight excluding hydrogens is 492 g/mol. The summed E-state index contributed by atoms with van der Waals surface area (Å²) in [4.78, 5) is 19.2. The number of aliphatic hydroxyl groups excluding tert-OH is 3. The zero-order chi connectivity index (χ0) is 26.1. The Balaban J connectivity index is 1.54. The second-order valence-electron chi connectivity index (χ2n) is 10.0. The summed E-state index contributed by atoms with van der Waals surface area (Å²) < 4.78 is 6.68. The zero-order valence-electron chi connectivity index (χ0n) is 21.5. The molecule has 0 bridgehead atoms. The third-order valence-electron chi connectivity index (χ3n) is 7.31. The zero-order valence-corrected chi connectivity index (χ0v) is 22.3. The molecule has 0 amide bonds. The van der Waals surface area contributed by atoms with Crippen LogP contribution in [0.25, 0.3) is 20.8 Å². The van der Waals surface area contributed by atoms with Crippen molar-refractivity contribution in [2.45, 2.75) is 76.7 Å². The summed E-state index contributed by atoms with van der Waals surface area (Å²) in [6, 6.07) is 1.56. The molecule has 0 radical (unpaired) electrons. The molecule has 3 aromatic rings. The van der Waals surface area contributed by atoms with Gasteiger partial charge in [0.25, 0.3) is 0 Å². The second-order valence-corrected chi connectivity index (χ2v) is 11.0. The summed E-state index contributed by atoms with van der Waals surface area (Å²) in [5.41, 5.74) is 3.49. The van der Waals surface area contributed by atoms with Gasteiger partial charge in [0, 0.05) is 31.2 Å².